The second-order valence-electron chi connectivity index (χ2n) is 8.70. The summed E-state index contributed by atoms with van der Waals surface area (Å²) in [5.74, 6) is 0.484. The molecule has 3 aromatic rings. The first-order valence-corrected chi connectivity index (χ1v) is 11.4. The van der Waals surface area contributed by atoms with E-state index in [-0.39, 0.29) is 23.0 Å². The zero-order valence-corrected chi connectivity index (χ0v) is 18.6. The second-order valence-corrected chi connectivity index (χ2v) is 9.10. The third-order valence-electron chi connectivity index (χ3n) is 6.58. The molecule has 0 amide bonds. The molecule has 1 saturated heterocycles. The number of nitrogens with zero attached hydrogens (tertiary/aromatic N) is 3. The lowest BCUT2D eigenvalue weighted by atomic mass is 9.96. The maximum absolute atomic E-state index is 14.0. The van der Waals surface area contributed by atoms with Crippen molar-refractivity contribution in [2.75, 3.05) is 30.0 Å². The van der Waals surface area contributed by atoms with Crippen molar-refractivity contribution < 1.29 is 9.13 Å². The Morgan fingerprint density at radius 1 is 1.18 bits per heavy atom. The van der Waals surface area contributed by atoms with Crippen LogP contribution >= 0.6 is 11.6 Å². The molecule has 2 unspecified atom stereocenters. The van der Waals surface area contributed by atoms with Gasteiger partial charge in [-0.2, -0.15) is 0 Å². The number of anilines is 2. The highest BCUT2D eigenvalue weighted by atomic mass is 35.5. The van der Waals surface area contributed by atoms with Gasteiger partial charge in [0.25, 0.3) is 0 Å². The molecular formula is C25H23ClFN5O. The molecule has 3 aliphatic rings. The molecule has 0 radical (unpaired) electrons. The summed E-state index contributed by atoms with van der Waals surface area (Å²) in [4.78, 5) is 11.4. The van der Waals surface area contributed by atoms with Crippen LogP contribution in [-0.2, 0) is 17.6 Å². The number of pyridine rings is 1. The molecule has 6 rings (SSSR count). The van der Waals surface area contributed by atoms with Crippen LogP contribution in [0.5, 0.6) is 0 Å². The Hall–Kier alpha value is -3.00. The van der Waals surface area contributed by atoms with Crippen LogP contribution in [-0.4, -0.2) is 42.8 Å². The molecule has 3 N–H and O–H groups in total. The second kappa shape index (κ2) is 8.09. The average Bonchev–Trinajstić information content (AvgIpc) is 3.23. The molecule has 0 spiro atoms. The van der Waals surface area contributed by atoms with E-state index in [1.807, 2.05) is 12.4 Å². The fraction of sp³-hybridized carbons (Fsp3) is 0.280. The lowest BCUT2D eigenvalue weighted by Crippen LogP contribution is -2.52. The number of fused-ring (bicyclic) bond motifs is 2. The fourth-order valence-corrected chi connectivity index (χ4v) is 4.88. The van der Waals surface area contributed by atoms with Crippen molar-refractivity contribution in [3.05, 3.63) is 76.3 Å². The number of aliphatic imine (C=N–C) groups is 1. The normalized spacial score (nSPS) is 21.1. The molecule has 0 aliphatic carbocycles. The summed E-state index contributed by atoms with van der Waals surface area (Å²) >= 11 is 6.10. The Bertz CT molecular complexity index is 1280. The van der Waals surface area contributed by atoms with Crippen molar-refractivity contribution in [3.8, 4) is 11.1 Å². The van der Waals surface area contributed by atoms with E-state index in [4.69, 9.17) is 27.1 Å². The van der Waals surface area contributed by atoms with Crippen LogP contribution in [0.2, 0.25) is 5.02 Å². The molecule has 0 bridgehead atoms. The summed E-state index contributed by atoms with van der Waals surface area (Å²) < 4.78 is 19.5. The number of aromatic nitrogens is 1. The van der Waals surface area contributed by atoms with Crippen molar-refractivity contribution in [3.63, 3.8) is 0 Å². The average molecular weight is 464 g/mol. The van der Waals surface area contributed by atoms with Gasteiger partial charge in [0.15, 0.2) is 0 Å². The molecule has 168 valence electrons. The number of hydrogen-bond donors (Lipinski definition) is 2. The predicted molar refractivity (Wildman–Crippen MR) is 129 cm³/mol. The van der Waals surface area contributed by atoms with Crippen molar-refractivity contribution in [1.29, 1.82) is 0 Å². The summed E-state index contributed by atoms with van der Waals surface area (Å²) in [5, 5.41) is 3.48. The third-order valence-corrected chi connectivity index (χ3v) is 6.87. The number of ether oxygens (including phenoxy) is 1. The number of nitrogens with two attached hydrogens (primary N) is 1. The third kappa shape index (κ3) is 3.66. The van der Waals surface area contributed by atoms with Crippen LogP contribution in [0.3, 0.4) is 0 Å². The highest BCUT2D eigenvalue weighted by molar-refractivity contribution is 6.31. The zero-order chi connectivity index (χ0) is 22.5. The molecule has 4 heterocycles. The molecule has 8 heteroatoms. The van der Waals surface area contributed by atoms with E-state index < -0.39 is 0 Å². The van der Waals surface area contributed by atoms with E-state index >= 15 is 0 Å². The lowest BCUT2D eigenvalue weighted by molar-refractivity contribution is -0.0712. The van der Waals surface area contributed by atoms with Crippen LogP contribution in [0, 0.1) is 5.82 Å². The van der Waals surface area contributed by atoms with Crippen LogP contribution in [0.1, 0.15) is 16.7 Å². The van der Waals surface area contributed by atoms with E-state index in [1.54, 1.807) is 6.07 Å². The van der Waals surface area contributed by atoms with Gasteiger partial charge in [0.1, 0.15) is 18.3 Å². The Balaban J connectivity index is 1.34. The SMILES string of the molecule is NC1COC1Cc1cncc(-c2ccc3c(c2)C(N2CCc4cc(F)c(Cl)cc42)=NCN3)c1. The Kier molecular flexibility index (Phi) is 5.05. The number of hydrogen-bond acceptors (Lipinski definition) is 6. The number of benzene rings is 2. The topological polar surface area (TPSA) is 75.8 Å². The number of amidine groups is 1. The maximum atomic E-state index is 14.0. The minimum Gasteiger partial charge on any atom is -0.374 e. The van der Waals surface area contributed by atoms with Crippen LogP contribution in [0.4, 0.5) is 15.8 Å². The summed E-state index contributed by atoms with van der Waals surface area (Å²) in [6, 6.07) is 11.8. The number of halogens is 2. The van der Waals surface area contributed by atoms with Crippen molar-refractivity contribution >= 4 is 28.8 Å². The first kappa shape index (κ1) is 20.6. The quantitative estimate of drug-likeness (QED) is 0.614. The van der Waals surface area contributed by atoms with Gasteiger partial charge in [-0.05, 0) is 53.4 Å². The number of rotatable bonds is 3. The van der Waals surface area contributed by atoms with E-state index in [0.29, 0.717) is 13.3 Å². The van der Waals surface area contributed by atoms with Gasteiger partial charge < -0.3 is 20.7 Å². The van der Waals surface area contributed by atoms with Crippen LogP contribution < -0.4 is 16.0 Å². The van der Waals surface area contributed by atoms with Gasteiger partial charge >= 0.3 is 0 Å². The van der Waals surface area contributed by atoms with Crippen LogP contribution in [0.25, 0.3) is 11.1 Å². The molecule has 1 aromatic heterocycles. The Morgan fingerprint density at radius 2 is 2.09 bits per heavy atom. The Labute approximate surface area is 196 Å². The standard InChI is InChI=1S/C25H23ClFN5O/c26-19-9-23-16(8-20(19)27)3-4-32(23)25-18-7-15(1-2-22(18)30-13-31-25)17-5-14(10-29-11-17)6-24-21(28)12-33-24/h1-2,5,7-11,21,24,30H,3-4,6,12-13,28H2. The lowest BCUT2D eigenvalue weighted by Gasteiger charge is -2.34. The van der Waals surface area contributed by atoms with Crippen LogP contribution in [0.15, 0.2) is 53.8 Å². The monoisotopic (exact) mass is 463 g/mol. The highest BCUT2D eigenvalue weighted by Crippen LogP contribution is 2.36. The van der Waals surface area contributed by atoms with Crippen molar-refractivity contribution in [1.82, 2.24) is 4.98 Å². The first-order chi connectivity index (χ1) is 16.1. The smallest absolute Gasteiger partial charge is 0.142 e. The predicted octanol–water partition coefficient (Wildman–Crippen LogP) is 4.00. The van der Waals surface area contributed by atoms with Crippen molar-refractivity contribution in [2.45, 2.75) is 25.0 Å². The molecule has 3 aliphatic heterocycles. The largest absolute Gasteiger partial charge is 0.374 e. The maximum Gasteiger partial charge on any atom is 0.142 e. The summed E-state index contributed by atoms with van der Waals surface area (Å²) in [6.45, 7) is 1.84. The summed E-state index contributed by atoms with van der Waals surface area (Å²) in [6.07, 6.45) is 5.30. The van der Waals surface area contributed by atoms with Gasteiger partial charge in [0.05, 0.1) is 23.8 Å². The highest BCUT2D eigenvalue weighted by Gasteiger charge is 2.30. The molecule has 0 saturated carbocycles. The van der Waals surface area contributed by atoms with Gasteiger partial charge in [-0.1, -0.05) is 17.7 Å². The van der Waals surface area contributed by atoms with E-state index in [2.05, 4.69) is 39.5 Å². The van der Waals surface area contributed by atoms with Gasteiger partial charge in [-0.15, -0.1) is 0 Å². The minimum absolute atomic E-state index is 0.0559. The first-order valence-electron chi connectivity index (χ1n) is 11.1. The van der Waals surface area contributed by atoms with E-state index in [0.717, 1.165) is 64.4 Å². The molecule has 2 aromatic carbocycles. The summed E-state index contributed by atoms with van der Waals surface area (Å²) in [7, 11) is 0. The Morgan fingerprint density at radius 3 is 2.91 bits per heavy atom. The molecule has 33 heavy (non-hydrogen) atoms. The summed E-state index contributed by atoms with van der Waals surface area (Å²) in [5.41, 5.74) is 13.1. The number of nitrogens with one attached hydrogen (secondary N) is 1. The zero-order valence-electron chi connectivity index (χ0n) is 17.9. The molecule has 2 atom stereocenters. The van der Waals surface area contributed by atoms with Crippen molar-refractivity contribution in [2.24, 2.45) is 10.7 Å². The van der Waals surface area contributed by atoms with Gasteiger partial charge in [0, 0.05) is 47.9 Å². The molecular weight excluding hydrogens is 441 g/mol. The van der Waals surface area contributed by atoms with Gasteiger partial charge in [-0.3, -0.25) is 4.98 Å². The minimum atomic E-state index is -0.382. The van der Waals surface area contributed by atoms with Gasteiger partial charge in [0.2, 0.25) is 0 Å². The molecule has 1 fully saturated rings. The van der Waals surface area contributed by atoms with E-state index in [1.165, 1.54) is 6.07 Å². The fourth-order valence-electron chi connectivity index (χ4n) is 4.72. The van der Waals surface area contributed by atoms with E-state index in [9.17, 15) is 4.39 Å². The molecule has 6 nitrogen and oxygen atoms in total. The van der Waals surface area contributed by atoms with Gasteiger partial charge in [-0.25, -0.2) is 9.38 Å².